The van der Waals surface area contributed by atoms with Gasteiger partial charge < -0.3 is 15.4 Å². The first-order chi connectivity index (χ1) is 8.65. The molecule has 5 nitrogen and oxygen atoms in total. The monoisotopic (exact) mass is 245 g/mol. The van der Waals surface area contributed by atoms with Gasteiger partial charge in [-0.05, 0) is 12.5 Å². The molecule has 0 saturated heterocycles. The van der Waals surface area contributed by atoms with Crippen molar-refractivity contribution in [2.75, 3.05) is 11.9 Å². The van der Waals surface area contributed by atoms with E-state index in [0.717, 1.165) is 5.56 Å². The number of H-pyrrole nitrogens is 1. The van der Waals surface area contributed by atoms with Gasteiger partial charge >= 0.3 is 0 Å². The van der Waals surface area contributed by atoms with Gasteiger partial charge in [-0.15, -0.1) is 0 Å². The number of nitrogens with zero attached hydrogens (tertiary/aromatic N) is 1. The molecular formula is C13H15N3O2. The molecule has 94 valence electrons. The molecule has 1 unspecified atom stereocenters. The maximum absolute atomic E-state index is 11.6. The number of hydrogen-bond donors (Lipinski definition) is 3. The molecule has 0 saturated carbocycles. The standard InChI is InChI=1S/C13H15N3O2/c1-13(9-17,10-5-3-2-4-6-10)16-11-12(18)15-8-7-14-11/h2-8,17H,9H2,1H3,(H,14,16)(H,15,18). The summed E-state index contributed by atoms with van der Waals surface area (Å²) in [5, 5.41) is 12.6. The first-order valence-corrected chi connectivity index (χ1v) is 5.64. The number of anilines is 1. The van der Waals surface area contributed by atoms with Crippen LogP contribution >= 0.6 is 0 Å². The molecular weight excluding hydrogens is 230 g/mol. The Labute approximate surface area is 105 Å². The van der Waals surface area contributed by atoms with Crippen molar-refractivity contribution in [3.05, 3.63) is 58.6 Å². The highest BCUT2D eigenvalue weighted by Gasteiger charge is 2.26. The fourth-order valence-corrected chi connectivity index (χ4v) is 1.71. The van der Waals surface area contributed by atoms with E-state index in [1.165, 1.54) is 12.4 Å². The van der Waals surface area contributed by atoms with E-state index in [0.29, 0.717) is 0 Å². The van der Waals surface area contributed by atoms with Crippen LogP contribution in [0.25, 0.3) is 0 Å². The van der Waals surface area contributed by atoms with Crippen LogP contribution in [-0.2, 0) is 5.54 Å². The van der Waals surface area contributed by atoms with Crippen LogP contribution in [0.1, 0.15) is 12.5 Å². The number of aliphatic hydroxyl groups is 1. The molecule has 2 rings (SSSR count). The quantitative estimate of drug-likeness (QED) is 0.753. The Morgan fingerprint density at radius 1 is 1.39 bits per heavy atom. The number of aromatic amines is 1. The van der Waals surface area contributed by atoms with E-state index in [9.17, 15) is 9.90 Å². The van der Waals surface area contributed by atoms with Gasteiger partial charge in [-0.25, -0.2) is 4.98 Å². The Bertz CT molecular complexity index is 568. The Hall–Kier alpha value is -2.14. The van der Waals surface area contributed by atoms with E-state index in [2.05, 4.69) is 15.3 Å². The molecule has 0 bridgehead atoms. The minimum atomic E-state index is -0.747. The molecule has 0 amide bonds. The molecule has 0 aliphatic carbocycles. The molecule has 0 radical (unpaired) electrons. The Morgan fingerprint density at radius 3 is 2.72 bits per heavy atom. The number of hydrogen-bond acceptors (Lipinski definition) is 4. The first kappa shape index (κ1) is 12.3. The molecule has 1 atom stereocenters. The summed E-state index contributed by atoms with van der Waals surface area (Å²) in [6, 6.07) is 9.44. The van der Waals surface area contributed by atoms with Crippen LogP contribution in [0, 0.1) is 0 Å². The number of aliphatic hydroxyl groups excluding tert-OH is 1. The first-order valence-electron chi connectivity index (χ1n) is 5.64. The van der Waals surface area contributed by atoms with Gasteiger partial charge in [-0.3, -0.25) is 4.79 Å². The lowest BCUT2D eigenvalue weighted by Crippen LogP contribution is -2.38. The summed E-state index contributed by atoms with van der Waals surface area (Å²) in [5.74, 6) is 0.193. The van der Waals surface area contributed by atoms with Crippen molar-refractivity contribution in [1.82, 2.24) is 9.97 Å². The van der Waals surface area contributed by atoms with Crippen molar-refractivity contribution in [1.29, 1.82) is 0 Å². The van der Waals surface area contributed by atoms with Crippen LogP contribution < -0.4 is 10.9 Å². The van der Waals surface area contributed by atoms with Gasteiger partial charge in [0, 0.05) is 12.4 Å². The minimum Gasteiger partial charge on any atom is -0.394 e. The SMILES string of the molecule is CC(CO)(Nc1ncc[nH]c1=O)c1ccccc1. The zero-order chi connectivity index (χ0) is 13.0. The lowest BCUT2D eigenvalue weighted by atomic mass is 9.93. The number of benzene rings is 1. The predicted octanol–water partition coefficient (Wildman–Crippen LogP) is 1.09. The second-order valence-electron chi connectivity index (χ2n) is 4.25. The number of aromatic nitrogens is 2. The maximum atomic E-state index is 11.6. The van der Waals surface area contributed by atoms with E-state index in [1.807, 2.05) is 37.3 Å². The van der Waals surface area contributed by atoms with E-state index in [-0.39, 0.29) is 18.0 Å². The predicted molar refractivity (Wildman–Crippen MR) is 69.4 cm³/mol. The molecule has 18 heavy (non-hydrogen) atoms. The fourth-order valence-electron chi connectivity index (χ4n) is 1.71. The van der Waals surface area contributed by atoms with Gasteiger partial charge in [0.1, 0.15) is 0 Å². The van der Waals surface area contributed by atoms with Crippen molar-refractivity contribution in [3.8, 4) is 0 Å². The van der Waals surface area contributed by atoms with Crippen molar-refractivity contribution in [3.63, 3.8) is 0 Å². The summed E-state index contributed by atoms with van der Waals surface area (Å²) in [7, 11) is 0. The molecule has 0 aliphatic rings. The highest BCUT2D eigenvalue weighted by molar-refractivity contribution is 5.39. The van der Waals surface area contributed by atoms with Gasteiger partial charge in [0.15, 0.2) is 5.82 Å². The van der Waals surface area contributed by atoms with Gasteiger partial charge in [-0.1, -0.05) is 30.3 Å². The lowest BCUT2D eigenvalue weighted by molar-refractivity contribution is 0.223. The van der Waals surface area contributed by atoms with E-state index >= 15 is 0 Å². The van der Waals surface area contributed by atoms with Gasteiger partial charge in [0.2, 0.25) is 0 Å². The molecule has 0 spiro atoms. The molecule has 0 aliphatic heterocycles. The van der Waals surface area contributed by atoms with Crippen LogP contribution in [0.2, 0.25) is 0 Å². The number of nitrogens with one attached hydrogen (secondary N) is 2. The van der Waals surface area contributed by atoms with Crippen LogP contribution in [0.15, 0.2) is 47.5 Å². The topological polar surface area (TPSA) is 78.0 Å². The summed E-state index contributed by atoms with van der Waals surface area (Å²) in [6.45, 7) is 1.67. The molecule has 2 aromatic rings. The Kier molecular flexibility index (Phi) is 3.43. The number of rotatable bonds is 4. The molecule has 1 heterocycles. The summed E-state index contributed by atoms with van der Waals surface area (Å²) >= 11 is 0. The van der Waals surface area contributed by atoms with Crippen LogP contribution in [-0.4, -0.2) is 21.7 Å². The lowest BCUT2D eigenvalue weighted by Gasteiger charge is -2.29. The fraction of sp³-hybridized carbons (Fsp3) is 0.231. The zero-order valence-electron chi connectivity index (χ0n) is 10.1. The van der Waals surface area contributed by atoms with Crippen molar-refractivity contribution < 1.29 is 5.11 Å². The highest BCUT2D eigenvalue weighted by Crippen LogP contribution is 2.23. The molecule has 1 aromatic heterocycles. The summed E-state index contributed by atoms with van der Waals surface area (Å²) in [5.41, 5.74) is -0.173. The third-order valence-electron chi connectivity index (χ3n) is 2.83. The second kappa shape index (κ2) is 5.01. The smallest absolute Gasteiger partial charge is 0.290 e. The zero-order valence-corrected chi connectivity index (χ0v) is 10.1. The summed E-state index contributed by atoms with van der Waals surface area (Å²) < 4.78 is 0. The molecule has 3 N–H and O–H groups in total. The largest absolute Gasteiger partial charge is 0.394 e. The van der Waals surface area contributed by atoms with Crippen molar-refractivity contribution >= 4 is 5.82 Å². The van der Waals surface area contributed by atoms with E-state index < -0.39 is 5.54 Å². The van der Waals surface area contributed by atoms with Crippen LogP contribution in [0.4, 0.5) is 5.82 Å². The average Bonchev–Trinajstić information content (AvgIpc) is 2.42. The summed E-state index contributed by atoms with van der Waals surface area (Å²) in [6.07, 6.45) is 2.96. The Balaban J connectivity index is 2.35. The normalized spacial score (nSPS) is 13.9. The average molecular weight is 245 g/mol. The Morgan fingerprint density at radius 2 is 2.11 bits per heavy atom. The third kappa shape index (κ3) is 2.41. The van der Waals surface area contributed by atoms with Crippen molar-refractivity contribution in [2.45, 2.75) is 12.5 Å². The molecule has 0 fully saturated rings. The third-order valence-corrected chi connectivity index (χ3v) is 2.83. The van der Waals surface area contributed by atoms with E-state index in [4.69, 9.17) is 0 Å². The summed E-state index contributed by atoms with van der Waals surface area (Å²) in [4.78, 5) is 18.1. The van der Waals surface area contributed by atoms with Gasteiger partial charge in [0.05, 0.1) is 12.1 Å². The van der Waals surface area contributed by atoms with E-state index in [1.54, 1.807) is 0 Å². The van der Waals surface area contributed by atoms with Gasteiger partial charge in [-0.2, -0.15) is 0 Å². The van der Waals surface area contributed by atoms with Crippen LogP contribution in [0.3, 0.4) is 0 Å². The highest BCUT2D eigenvalue weighted by atomic mass is 16.3. The van der Waals surface area contributed by atoms with Crippen LogP contribution in [0.5, 0.6) is 0 Å². The van der Waals surface area contributed by atoms with Gasteiger partial charge in [0.25, 0.3) is 5.56 Å². The molecule has 5 heteroatoms. The van der Waals surface area contributed by atoms with Crippen molar-refractivity contribution in [2.24, 2.45) is 0 Å². The maximum Gasteiger partial charge on any atom is 0.290 e. The second-order valence-corrected chi connectivity index (χ2v) is 4.25. The molecule has 1 aromatic carbocycles. The minimum absolute atomic E-state index is 0.146.